The highest BCUT2D eigenvalue weighted by atomic mass is 15.2. The molecule has 1 heterocycles. The molecule has 2 rings (SSSR count). The van der Waals surface area contributed by atoms with E-state index in [0.717, 1.165) is 0 Å². The van der Waals surface area contributed by atoms with Crippen molar-refractivity contribution < 1.29 is 0 Å². The Hall–Kier alpha value is -0.0400. The van der Waals surface area contributed by atoms with Crippen molar-refractivity contribution in [2.45, 2.75) is 20.3 Å². The van der Waals surface area contributed by atoms with E-state index in [0.29, 0.717) is 10.8 Å². The van der Waals surface area contributed by atoms with Crippen LogP contribution in [0.3, 0.4) is 0 Å². The molecule has 1 heteroatoms. The topological polar surface area (TPSA) is 3.24 Å². The summed E-state index contributed by atoms with van der Waals surface area (Å²) in [5.41, 5.74) is 1.39. The summed E-state index contributed by atoms with van der Waals surface area (Å²) in [7, 11) is 2.22. The van der Waals surface area contributed by atoms with Crippen LogP contribution in [0.5, 0.6) is 0 Å². The Kier molecular flexibility index (Phi) is 0.760. The molecule has 1 aliphatic carbocycles. The molecule has 1 saturated heterocycles. The molecular weight excluding hydrogens is 110 g/mol. The van der Waals surface area contributed by atoms with Crippen molar-refractivity contribution in [1.82, 2.24) is 4.90 Å². The van der Waals surface area contributed by atoms with Crippen LogP contribution in [0, 0.1) is 10.8 Å². The van der Waals surface area contributed by atoms with E-state index in [1.165, 1.54) is 19.5 Å². The van der Waals surface area contributed by atoms with Gasteiger partial charge in [0.25, 0.3) is 0 Å². The van der Waals surface area contributed by atoms with E-state index in [2.05, 4.69) is 25.8 Å². The molecule has 9 heavy (non-hydrogen) atoms. The van der Waals surface area contributed by atoms with Crippen LogP contribution in [-0.4, -0.2) is 25.0 Å². The number of hydrogen-bond acceptors (Lipinski definition) is 1. The first-order valence-electron chi connectivity index (χ1n) is 3.74. The zero-order valence-electron chi connectivity index (χ0n) is 6.57. The van der Waals surface area contributed by atoms with Gasteiger partial charge in [-0.3, -0.25) is 0 Å². The van der Waals surface area contributed by atoms with E-state index in [9.17, 15) is 0 Å². The van der Waals surface area contributed by atoms with Crippen LogP contribution < -0.4 is 0 Å². The fraction of sp³-hybridized carbons (Fsp3) is 1.00. The maximum absolute atomic E-state index is 2.45. The zero-order chi connectivity index (χ0) is 6.70. The van der Waals surface area contributed by atoms with Crippen molar-refractivity contribution in [1.29, 1.82) is 0 Å². The number of fused-ring (bicyclic) bond motifs is 1. The van der Waals surface area contributed by atoms with Gasteiger partial charge in [0.05, 0.1) is 0 Å². The first-order chi connectivity index (χ1) is 4.06. The van der Waals surface area contributed by atoms with Crippen LogP contribution in [0.2, 0.25) is 0 Å². The summed E-state index contributed by atoms with van der Waals surface area (Å²) < 4.78 is 0. The van der Waals surface area contributed by atoms with Gasteiger partial charge in [-0.15, -0.1) is 0 Å². The summed E-state index contributed by atoms with van der Waals surface area (Å²) in [6.45, 7) is 7.47. The van der Waals surface area contributed by atoms with Crippen molar-refractivity contribution in [2.24, 2.45) is 10.8 Å². The average Bonchev–Trinajstić information content (AvgIpc) is 1.97. The molecule has 0 aromatic rings. The molecule has 1 saturated carbocycles. The van der Waals surface area contributed by atoms with Crippen molar-refractivity contribution in [3.63, 3.8) is 0 Å². The highest BCUT2D eigenvalue weighted by Gasteiger charge is 2.65. The third-order valence-corrected chi connectivity index (χ3v) is 3.35. The first-order valence-corrected chi connectivity index (χ1v) is 3.74. The maximum Gasteiger partial charge on any atom is 0.00384 e. The third-order valence-electron chi connectivity index (χ3n) is 3.35. The minimum Gasteiger partial charge on any atom is -0.305 e. The highest BCUT2D eigenvalue weighted by molar-refractivity contribution is 5.16. The van der Waals surface area contributed by atoms with Crippen molar-refractivity contribution >= 4 is 0 Å². The van der Waals surface area contributed by atoms with Gasteiger partial charge in [0.2, 0.25) is 0 Å². The normalized spacial score (nSPS) is 57.7. The van der Waals surface area contributed by atoms with Gasteiger partial charge in [0.1, 0.15) is 0 Å². The second kappa shape index (κ2) is 1.20. The van der Waals surface area contributed by atoms with Crippen LogP contribution >= 0.6 is 0 Å². The van der Waals surface area contributed by atoms with Gasteiger partial charge in [-0.25, -0.2) is 0 Å². The van der Waals surface area contributed by atoms with Crippen molar-refractivity contribution in [3.8, 4) is 0 Å². The van der Waals surface area contributed by atoms with Gasteiger partial charge < -0.3 is 4.90 Å². The third kappa shape index (κ3) is 0.536. The van der Waals surface area contributed by atoms with E-state index in [4.69, 9.17) is 0 Å². The Morgan fingerprint density at radius 3 is 1.78 bits per heavy atom. The van der Waals surface area contributed by atoms with Crippen molar-refractivity contribution in [2.75, 3.05) is 20.1 Å². The molecule has 0 N–H and O–H groups in total. The first kappa shape index (κ1) is 5.72. The highest BCUT2D eigenvalue weighted by Crippen LogP contribution is 2.67. The smallest absolute Gasteiger partial charge is 0.00384 e. The van der Waals surface area contributed by atoms with Crippen LogP contribution in [0.4, 0.5) is 0 Å². The Balaban J connectivity index is 2.20. The zero-order valence-corrected chi connectivity index (χ0v) is 6.57. The number of likely N-dealkylation sites (tertiary alicyclic amines) is 1. The van der Waals surface area contributed by atoms with Gasteiger partial charge in [-0.1, -0.05) is 13.8 Å². The van der Waals surface area contributed by atoms with Gasteiger partial charge in [-0.05, 0) is 24.3 Å². The molecule has 1 aliphatic heterocycles. The summed E-state index contributed by atoms with van der Waals surface area (Å²) in [6, 6.07) is 0. The molecule has 1 nitrogen and oxygen atoms in total. The number of piperidine rings is 1. The van der Waals surface area contributed by atoms with E-state index in [1.807, 2.05) is 0 Å². The lowest BCUT2D eigenvalue weighted by Gasteiger charge is -2.11. The lowest BCUT2D eigenvalue weighted by Crippen LogP contribution is -2.19. The van der Waals surface area contributed by atoms with Crippen LogP contribution in [0.1, 0.15) is 20.3 Å². The number of nitrogens with zero attached hydrogens (tertiary/aromatic N) is 1. The quantitative estimate of drug-likeness (QED) is 0.472. The van der Waals surface area contributed by atoms with Gasteiger partial charge in [0, 0.05) is 13.1 Å². The molecule has 0 bridgehead atoms. The SMILES string of the molecule is CN1C[C@@]2(C)C[C@@]2(C)C1. The summed E-state index contributed by atoms with van der Waals surface area (Å²) in [5, 5.41) is 0. The molecule has 0 unspecified atom stereocenters. The summed E-state index contributed by atoms with van der Waals surface area (Å²) in [5.74, 6) is 0. The van der Waals surface area contributed by atoms with E-state index < -0.39 is 0 Å². The summed E-state index contributed by atoms with van der Waals surface area (Å²) in [6.07, 6.45) is 1.46. The molecule has 0 spiro atoms. The lowest BCUT2D eigenvalue weighted by molar-refractivity contribution is 0.336. The Bertz CT molecular complexity index is 139. The second-order valence-corrected chi connectivity index (χ2v) is 4.47. The Labute approximate surface area is 57.0 Å². The van der Waals surface area contributed by atoms with Crippen molar-refractivity contribution in [3.05, 3.63) is 0 Å². The molecule has 2 fully saturated rings. The van der Waals surface area contributed by atoms with Crippen LogP contribution in [-0.2, 0) is 0 Å². The number of hydrogen-bond donors (Lipinski definition) is 0. The maximum atomic E-state index is 2.45. The molecule has 0 radical (unpaired) electrons. The van der Waals surface area contributed by atoms with E-state index >= 15 is 0 Å². The van der Waals surface area contributed by atoms with E-state index in [-0.39, 0.29) is 0 Å². The molecule has 0 amide bonds. The predicted molar refractivity (Wildman–Crippen MR) is 38.3 cm³/mol. The fourth-order valence-corrected chi connectivity index (χ4v) is 2.56. The minimum atomic E-state index is 0.696. The summed E-state index contributed by atoms with van der Waals surface area (Å²) >= 11 is 0. The largest absolute Gasteiger partial charge is 0.305 e. The monoisotopic (exact) mass is 125 g/mol. The minimum absolute atomic E-state index is 0.696. The van der Waals surface area contributed by atoms with Gasteiger partial charge in [0.15, 0.2) is 0 Å². The molecule has 0 aromatic carbocycles. The van der Waals surface area contributed by atoms with Gasteiger partial charge >= 0.3 is 0 Å². The fourth-order valence-electron chi connectivity index (χ4n) is 2.56. The van der Waals surface area contributed by atoms with Crippen LogP contribution in [0.15, 0.2) is 0 Å². The molecule has 2 atom stereocenters. The molecule has 2 aliphatic rings. The van der Waals surface area contributed by atoms with Crippen LogP contribution in [0.25, 0.3) is 0 Å². The second-order valence-electron chi connectivity index (χ2n) is 4.47. The Morgan fingerprint density at radius 2 is 1.56 bits per heavy atom. The predicted octanol–water partition coefficient (Wildman–Crippen LogP) is 1.35. The molecular formula is C8H15N. The lowest BCUT2D eigenvalue weighted by atomic mass is 10.0. The number of rotatable bonds is 0. The molecule has 0 aromatic heterocycles. The summed E-state index contributed by atoms with van der Waals surface area (Å²) in [4.78, 5) is 2.45. The molecule has 52 valence electrons. The Morgan fingerprint density at radius 1 is 1.11 bits per heavy atom. The van der Waals surface area contributed by atoms with E-state index in [1.54, 1.807) is 0 Å². The standard InChI is InChI=1S/C8H15N/c1-7-4-8(7,2)6-9(3)5-7/h4-6H2,1-3H3/t7-,8+. The average molecular weight is 125 g/mol. The van der Waals surface area contributed by atoms with Gasteiger partial charge in [-0.2, -0.15) is 0 Å².